The zero-order valence-electron chi connectivity index (χ0n) is 17.4. The molecule has 3 N–H and O–H groups in total. The summed E-state index contributed by atoms with van der Waals surface area (Å²) >= 11 is 0. The fourth-order valence-electron chi connectivity index (χ4n) is 4.42. The second kappa shape index (κ2) is 8.01. The molecule has 1 aromatic heterocycles. The molecule has 4 heterocycles. The number of rotatable bonds is 4. The second-order valence-electron chi connectivity index (χ2n) is 8.23. The van der Waals surface area contributed by atoms with E-state index >= 15 is 4.39 Å². The van der Waals surface area contributed by atoms with Crippen LogP contribution in [0.3, 0.4) is 0 Å². The summed E-state index contributed by atoms with van der Waals surface area (Å²) in [6, 6.07) is 4.12. The highest BCUT2D eigenvalue weighted by atomic mass is 19.1. The third-order valence-electron chi connectivity index (χ3n) is 6.03. The Labute approximate surface area is 187 Å². The normalized spacial score (nSPS) is 24.4. The second-order valence-corrected chi connectivity index (χ2v) is 8.23. The van der Waals surface area contributed by atoms with E-state index in [1.54, 1.807) is 4.90 Å². The zero-order chi connectivity index (χ0) is 23.3. The first kappa shape index (κ1) is 21.7. The molecule has 0 bridgehead atoms. The maximum atomic E-state index is 15.1. The van der Waals surface area contributed by atoms with Crippen LogP contribution in [-0.4, -0.2) is 60.7 Å². The van der Waals surface area contributed by atoms with E-state index in [4.69, 9.17) is 15.2 Å². The van der Waals surface area contributed by atoms with Crippen LogP contribution in [0.1, 0.15) is 12.0 Å². The SMILES string of the molecule is NCC1COC2(CCN(c3nc4c(cc3F)C=C(C(=O)O)CN4c3ccc(F)cc3F)C2)O1. The standard InChI is InChI=1S/C22H21F3N4O4/c23-14-1-2-18(16(24)7-14)29-9-13(21(30)31)5-12-6-17(25)20(27-19(12)29)28-4-3-22(11-28)32-10-15(8-26)33-22/h1-2,5-7,15H,3-4,8-11,26H2,(H,30,31). The summed E-state index contributed by atoms with van der Waals surface area (Å²) in [5, 5.41) is 9.49. The Balaban J connectivity index is 1.54. The highest BCUT2D eigenvalue weighted by Crippen LogP contribution is 2.40. The number of nitrogens with two attached hydrogens (primary N) is 1. The van der Waals surface area contributed by atoms with Gasteiger partial charge in [-0.1, -0.05) is 0 Å². The van der Waals surface area contributed by atoms with Gasteiger partial charge in [0.25, 0.3) is 0 Å². The molecule has 2 unspecified atom stereocenters. The summed E-state index contributed by atoms with van der Waals surface area (Å²) in [5.74, 6) is -4.28. The molecule has 0 amide bonds. The molecule has 1 spiro atoms. The van der Waals surface area contributed by atoms with Gasteiger partial charge in [-0.15, -0.1) is 0 Å². The number of aliphatic carboxylic acids is 1. The smallest absolute Gasteiger partial charge is 0.333 e. The van der Waals surface area contributed by atoms with Crippen molar-refractivity contribution in [2.24, 2.45) is 5.73 Å². The van der Waals surface area contributed by atoms with E-state index in [1.165, 1.54) is 17.0 Å². The number of anilines is 3. The number of benzene rings is 1. The fraction of sp³-hybridized carbons (Fsp3) is 0.364. The molecule has 11 heteroatoms. The first-order valence-corrected chi connectivity index (χ1v) is 10.4. The van der Waals surface area contributed by atoms with Gasteiger partial charge in [0.15, 0.2) is 17.4 Å². The van der Waals surface area contributed by atoms with Crippen LogP contribution in [0.2, 0.25) is 0 Å². The minimum absolute atomic E-state index is 0.00807. The number of pyridine rings is 1. The first-order chi connectivity index (χ1) is 15.8. The van der Waals surface area contributed by atoms with Gasteiger partial charge in [-0.25, -0.2) is 22.9 Å². The summed E-state index contributed by atoms with van der Waals surface area (Å²) in [6.45, 7) is 1.07. The van der Waals surface area contributed by atoms with E-state index in [-0.39, 0.29) is 47.7 Å². The van der Waals surface area contributed by atoms with E-state index in [0.29, 0.717) is 32.2 Å². The third-order valence-corrected chi connectivity index (χ3v) is 6.03. The molecule has 0 aliphatic carbocycles. The summed E-state index contributed by atoms with van der Waals surface area (Å²) in [5.41, 5.74) is 5.68. The molecule has 1 aromatic carbocycles. The van der Waals surface area contributed by atoms with Crippen molar-refractivity contribution in [2.75, 3.05) is 42.6 Å². The highest BCUT2D eigenvalue weighted by molar-refractivity contribution is 5.97. The molecule has 2 atom stereocenters. The molecule has 3 aliphatic heterocycles. The molecule has 8 nitrogen and oxygen atoms in total. The van der Waals surface area contributed by atoms with Crippen molar-refractivity contribution < 1.29 is 32.5 Å². The Bertz CT molecular complexity index is 1160. The van der Waals surface area contributed by atoms with E-state index in [0.717, 1.165) is 12.1 Å². The van der Waals surface area contributed by atoms with Gasteiger partial charge < -0.3 is 30.1 Å². The molecule has 2 aromatic rings. The van der Waals surface area contributed by atoms with Crippen molar-refractivity contribution in [1.29, 1.82) is 0 Å². The number of hydrogen-bond donors (Lipinski definition) is 2. The Morgan fingerprint density at radius 1 is 1.24 bits per heavy atom. The van der Waals surface area contributed by atoms with Crippen molar-refractivity contribution in [2.45, 2.75) is 18.3 Å². The summed E-state index contributed by atoms with van der Waals surface area (Å²) in [7, 11) is 0. The third kappa shape index (κ3) is 3.81. The lowest BCUT2D eigenvalue weighted by molar-refractivity contribution is -0.148. The van der Waals surface area contributed by atoms with Crippen LogP contribution in [0.5, 0.6) is 0 Å². The molecule has 3 aliphatic rings. The van der Waals surface area contributed by atoms with E-state index in [2.05, 4.69) is 4.98 Å². The van der Waals surface area contributed by atoms with Crippen molar-refractivity contribution in [3.05, 3.63) is 52.9 Å². The molecule has 2 saturated heterocycles. The number of ether oxygens (including phenoxy) is 2. The van der Waals surface area contributed by atoms with Gasteiger partial charge >= 0.3 is 5.97 Å². The average Bonchev–Trinajstić information content (AvgIpc) is 3.39. The van der Waals surface area contributed by atoms with Crippen LogP contribution >= 0.6 is 0 Å². The maximum absolute atomic E-state index is 15.1. The topological polar surface area (TPSA) is 101 Å². The lowest BCUT2D eigenvalue weighted by atomic mass is 10.0. The largest absolute Gasteiger partial charge is 0.478 e. The van der Waals surface area contributed by atoms with E-state index in [1.807, 2.05) is 0 Å². The number of carboxylic acids is 1. The Morgan fingerprint density at radius 2 is 2.06 bits per heavy atom. The molecular formula is C22H21F3N4O4. The molecule has 0 saturated carbocycles. The number of aromatic nitrogens is 1. The van der Waals surface area contributed by atoms with E-state index in [9.17, 15) is 18.7 Å². The number of carbonyl (C=O) groups is 1. The lowest BCUT2D eigenvalue weighted by Gasteiger charge is -2.31. The number of nitrogens with zero attached hydrogens (tertiary/aromatic N) is 3. The van der Waals surface area contributed by atoms with Crippen LogP contribution in [0.4, 0.5) is 30.5 Å². The van der Waals surface area contributed by atoms with Crippen LogP contribution < -0.4 is 15.5 Å². The van der Waals surface area contributed by atoms with Gasteiger partial charge in [0, 0.05) is 31.1 Å². The molecule has 0 radical (unpaired) electrons. The molecule has 5 rings (SSSR count). The summed E-state index contributed by atoms with van der Waals surface area (Å²) in [6.07, 6.45) is 1.56. The predicted molar refractivity (Wildman–Crippen MR) is 113 cm³/mol. The van der Waals surface area contributed by atoms with Gasteiger partial charge in [-0.3, -0.25) is 0 Å². The monoisotopic (exact) mass is 462 g/mol. The fourth-order valence-corrected chi connectivity index (χ4v) is 4.42. The average molecular weight is 462 g/mol. The first-order valence-electron chi connectivity index (χ1n) is 10.4. The van der Waals surface area contributed by atoms with Crippen molar-refractivity contribution in [3.8, 4) is 0 Å². The number of hydrogen-bond acceptors (Lipinski definition) is 7. The number of carboxylic acid groups (broad SMARTS) is 1. The maximum Gasteiger partial charge on any atom is 0.333 e. The van der Waals surface area contributed by atoms with Gasteiger partial charge in [-0.05, 0) is 24.3 Å². The molecule has 174 valence electrons. The van der Waals surface area contributed by atoms with Crippen LogP contribution in [0.15, 0.2) is 29.8 Å². The molecular weight excluding hydrogens is 441 g/mol. The molecule has 33 heavy (non-hydrogen) atoms. The zero-order valence-corrected chi connectivity index (χ0v) is 17.4. The van der Waals surface area contributed by atoms with E-state index < -0.39 is 29.2 Å². The van der Waals surface area contributed by atoms with Crippen LogP contribution in [0, 0.1) is 17.5 Å². The van der Waals surface area contributed by atoms with Gasteiger partial charge in [-0.2, -0.15) is 0 Å². The van der Waals surface area contributed by atoms with Gasteiger partial charge in [0.1, 0.15) is 17.5 Å². The van der Waals surface area contributed by atoms with Crippen LogP contribution in [0.25, 0.3) is 6.08 Å². The summed E-state index contributed by atoms with van der Waals surface area (Å²) < 4.78 is 54.9. The Kier molecular flexibility index (Phi) is 5.26. The van der Waals surface area contributed by atoms with Gasteiger partial charge in [0.2, 0.25) is 0 Å². The Morgan fingerprint density at radius 3 is 2.76 bits per heavy atom. The predicted octanol–water partition coefficient (Wildman–Crippen LogP) is 2.40. The minimum Gasteiger partial charge on any atom is -0.478 e. The number of fused-ring (bicyclic) bond motifs is 1. The Hall–Kier alpha value is -3.15. The molecule has 2 fully saturated rings. The minimum atomic E-state index is -1.23. The van der Waals surface area contributed by atoms with Crippen LogP contribution in [-0.2, 0) is 14.3 Å². The number of halogens is 3. The van der Waals surface area contributed by atoms with Crippen molar-refractivity contribution in [3.63, 3.8) is 0 Å². The highest BCUT2D eigenvalue weighted by Gasteiger charge is 2.47. The van der Waals surface area contributed by atoms with Crippen molar-refractivity contribution >= 4 is 29.4 Å². The quantitative estimate of drug-likeness (QED) is 0.715. The van der Waals surface area contributed by atoms with Crippen molar-refractivity contribution in [1.82, 2.24) is 4.98 Å². The lowest BCUT2D eigenvalue weighted by Crippen LogP contribution is -2.36. The van der Waals surface area contributed by atoms with Gasteiger partial charge in [0.05, 0.1) is 37.1 Å². The summed E-state index contributed by atoms with van der Waals surface area (Å²) in [4.78, 5) is 19.0.